The number of benzene rings is 4. The number of rotatable bonds is 7. The molecular formula is C37H37F6MoP3+. The first kappa shape index (κ1) is 40.6. The zero-order chi connectivity index (χ0) is 33.4. The standard InChI is InChI=1S/C26H24P2.C6H8.C5H5.F6P.Mo/c1-5-13-23(14-6-1)27(24-15-7-2-8-16-24)21-22-28(25-17-9-3-10-18-25)26-19-11-4-12-20-26;1-6-4-2-3-5-6;1-2-4-5-3-1;1-7(2,3,4,5)6;/h1-20H,21-22H2;2-6H,1H3;1-5H;;/q;;;-1;+2. The third-order valence-electron chi connectivity index (χ3n) is 6.31. The van der Waals surface area contributed by atoms with Gasteiger partial charge in [-0.1, -0.05) is 177 Å². The number of hydrogen-bond donors (Lipinski definition) is 0. The van der Waals surface area contributed by atoms with E-state index >= 15 is 0 Å². The van der Waals surface area contributed by atoms with Gasteiger partial charge < -0.3 is 0 Å². The SMILES string of the molecule is CC1C=CC=C1.F[P-](F)(F)(F)(F)F.[CH]1C=CC=C1.[Mo+2].c1ccc(P(CCP(c2ccccc2)c2ccccc2)c2ccccc2)cc1. The van der Waals surface area contributed by atoms with E-state index in [1.165, 1.54) is 33.5 Å². The summed E-state index contributed by atoms with van der Waals surface area (Å²) < 4.78 is 59.2. The molecule has 0 unspecified atom stereocenters. The molecule has 0 nitrogen and oxygen atoms in total. The smallest absolute Gasteiger partial charge is 0.0767 e. The summed E-state index contributed by atoms with van der Waals surface area (Å²) in [6.45, 7) is 2.17. The van der Waals surface area contributed by atoms with Crippen molar-refractivity contribution in [2.24, 2.45) is 5.92 Å². The van der Waals surface area contributed by atoms with E-state index in [9.17, 15) is 25.2 Å². The van der Waals surface area contributed by atoms with E-state index in [1.54, 1.807) is 0 Å². The second kappa shape index (κ2) is 18.8. The van der Waals surface area contributed by atoms with Crippen LogP contribution in [0.3, 0.4) is 0 Å². The third-order valence-corrected chi connectivity index (χ3v) is 11.7. The first-order valence-electron chi connectivity index (χ1n) is 14.6. The Bertz CT molecular complexity index is 1370. The predicted octanol–water partition coefficient (Wildman–Crippen LogP) is 11.7. The zero-order valence-corrected chi connectivity index (χ0v) is 30.4. The average Bonchev–Trinajstić information content (AvgIpc) is 3.78. The van der Waals surface area contributed by atoms with Crippen molar-refractivity contribution in [3.8, 4) is 0 Å². The van der Waals surface area contributed by atoms with Gasteiger partial charge in [-0.05, 0) is 55.3 Å². The Kier molecular flexibility index (Phi) is 16.2. The fourth-order valence-corrected chi connectivity index (χ4v) is 9.67. The van der Waals surface area contributed by atoms with Crippen LogP contribution in [-0.4, -0.2) is 12.3 Å². The third kappa shape index (κ3) is 19.1. The van der Waals surface area contributed by atoms with Gasteiger partial charge in [-0.3, -0.25) is 0 Å². The van der Waals surface area contributed by atoms with Crippen LogP contribution in [0.25, 0.3) is 0 Å². The molecule has 0 aromatic heterocycles. The van der Waals surface area contributed by atoms with Gasteiger partial charge in [-0.15, -0.1) is 0 Å². The quantitative estimate of drug-likeness (QED) is 0.0995. The molecule has 0 fully saturated rings. The fraction of sp³-hybridized carbons (Fsp3) is 0.108. The number of allylic oxidation sites excluding steroid dienone is 8. The van der Waals surface area contributed by atoms with Crippen LogP contribution in [0, 0.1) is 12.3 Å². The van der Waals surface area contributed by atoms with Crippen LogP contribution in [0.1, 0.15) is 6.92 Å². The van der Waals surface area contributed by atoms with Gasteiger partial charge in [0.25, 0.3) is 0 Å². The summed E-state index contributed by atoms with van der Waals surface area (Å²) in [5.74, 6) is 0.685. The Hall–Kier alpha value is -2.60. The molecule has 0 atom stereocenters. The van der Waals surface area contributed by atoms with Gasteiger partial charge in [0.1, 0.15) is 0 Å². The van der Waals surface area contributed by atoms with Crippen LogP contribution in [0.2, 0.25) is 0 Å². The van der Waals surface area contributed by atoms with Crippen molar-refractivity contribution in [1.82, 2.24) is 0 Å². The summed E-state index contributed by atoms with van der Waals surface area (Å²) in [5, 5.41) is 5.89. The minimum atomic E-state index is -10.7. The van der Waals surface area contributed by atoms with E-state index in [4.69, 9.17) is 0 Å². The van der Waals surface area contributed by atoms with Crippen molar-refractivity contribution in [2.75, 3.05) is 12.3 Å². The zero-order valence-electron chi connectivity index (χ0n) is 25.8. The van der Waals surface area contributed by atoms with Gasteiger partial charge in [0, 0.05) is 6.42 Å². The monoisotopic (exact) mass is 786 g/mol. The molecule has 0 bridgehead atoms. The number of hydrogen-bond acceptors (Lipinski definition) is 0. The predicted molar refractivity (Wildman–Crippen MR) is 191 cm³/mol. The van der Waals surface area contributed by atoms with E-state index in [-0.39, 0.29) is 36.9 Å². The van der Waals surface area contributed by atoms with E-state index in [0.717, 1.165) is 0 Å². The van der Waals surface area contributed by atoms with E-state index in [2.05, 4.69) is 153 Å². The van der Waals surface area contributed by atoms with Crippen LogP contribution in [0.4, 0.5) is 25.2 Å². The van der Waals surface area contributed by atoms with Crippen molar-refractivity contribution in [1.29, 1.82) is 0 Å². The molecule has 4 aromatic carbocycles. The van der Waals surface area contributed by atoms with Crippen molar-refractivity contribution in [3.63, 3.8) is 0 Å². The van der Waals surface area contributed by atoms with Gasteiger partial charge in [-0.2, -0.15) is 0 Å². The van der Waals surface area contributed by atoms with Crippen LogP contribution in [0.5, 0.6) is 0 Å². The minimum absolute atomic E-state index is 0. The molecular weight excluding hydrogens is 747 g/mol. The topological polar surface area (TPSA) is 0 Å². The van der Waals surface area contributed by atoms with Gasteiger partial charge in [-0.25, -0.2) is 0 Å². The Labute approximate surface area is 291 Å². The van der Waals surface area contributed by atoms with Gasteiger partial charge in [0.15, 0.2) is 0 Å². The number of halogens is 6. The van der Waals surface area contributed by atoms with Gasteiger partial charge >= 0.3 is 54.1 Å². The molecule has 0 N–H and O–H groups in total. The normalized spacial score (nSPS) is 14.5. The van der Waals surface area contributed by atoms with Crippen molar-refractivity contribution < 1.29 is 46.2 Å². The maximum Gasteiger partial charge on any atom is 2.00 e. The summed E-state index contributed by atoms with van der Waals surface area (Å²) in [4.78, 5) is 0. The van der Waals surface area contributed by atoms with Crippen LogP contribution in [-0.2, 0) is 21.1 Å². The van der Waals surface area contributed by atoms with E-state index in [0.29, 0.717) is 5.92 Å². The molecule has 2 aliphatic carbocycles. The van der Waals surface area contributed by atoms with Crippen LogP contribution in [0.15, 0.2) is 170 Å². The average molecular weight is 785 g/mol. The summed E-state index contributed by atoms with van der Waals surface area (Å²) in [6, 6.07) is 44.2. The van der Waals surface area contributed by atoms with Crippen LogP contribution >= 0.6 is 23.7 Å². The molecule has 1 radical (unpaired) electrons. The molecule has 2 aliphatic rings. The maximum absolute atomic E-state index is 10.7. The molecule has 0 spiro atoms. The largest absolute Gasteiger partial charge is 2.00 e. The summed E-state index contributed by atoms with van der Waals surface area (Å²) in [7, 11) is -11.4. The van der Waals surface area contributed by atoms with Gasteiger partial charge in [0.2, 0.25) is 0 Å². The molecule has 10 heteroatoms. The molecule has 4 aromatic rings. The molecule has 0 amide bonds. The second-order valence-electron chi connectivity index (χ2n) is 10.2. The first-order chi connectivity index (χ1) is 21.8. The maximum atomic E-state index is 9.87. The Morgan fingerprint density at radius 1 is 0.447 bits per heavy atom. The van der Waals surface area contributed by atoms with Crippen molar-refractivity contribution in [3.05, 3.63) is 176 Å². The van der Waals surface area contributed by atoms with Crippen molar-refractivity contribution >= 4 is 44.9 Å². The van der Waals surface area contributed by atoms with Crippen molar-refractivity contribution in [2.45, 2.75) is 6.92 Å². The summed E-state index contributed by atoms with van der Waals surface area (Å²) in [6.07, 6.45) is 20.9. The Balaban J connectivity index is 0.000000328. The first-order valence-corrected chi connectivity index (χ1v) is 19.7. The molecule has 0 heterocycles. The fourth-order valence-electron chi connectivity index (χ4n) is 4.31. The molecule has 47 heavy (non-hydrogen) atoms. The van der Waals surface area contributed by atoms with Gasteiger partial charge in [0.05, 0.1) is 0 Å². The molecule has 0 saturated heterocycles. The molecule has 0 aliphatic heterocycles. The Morgan fingerprint density at radius 3 is 0.872 bits per heavy atom. The molecule has 0 saturated carbocycles. The Morgan fingerprint density at radius 2 is 0.702 bits per heavy atom. The van der Waals surface area contributed by atoms with Crippen LogP contribution < -0.4 is 21.2 Å². The van der Waals surface area contributed by atoms with E-state index < -0.39 is 7.81 Å². The molecule has 247 valence electrons. The summed E-state index contributed by atoms with van der Waals surface area (Å²) >= 11 is 0. The van der Waals surface area contributed by atoms with E-state index in [1.807, 2.05) is 30.7 Å². The minimum Gasteiger partial charge on any atom is -0.0767 e. The summed E-state index contributed by atoms with van der Waals surface area (Å²) in [5.41, 5.74) is 0. The molecule has 6 rings (SSSR count). The second-order valence-corrected chi connectivity index (χ2v) is 16.8.